The molecule has 2 aliphatic rings. The van der Waals surface area contributed by atoms with Crippen molar-refractivity contribution in [3.63, 3.8) is 0 Å². The molecule has 2 aromatic heterocycles. The summed E-state index contributed by atoms with van der Waals surface area (Å²) in [6, 6.07) is 6.80. The second-order valence-electron chi connectivity index (χ2n) is 9.43. The van der Waals surface area contributed by atoms with E-state index >= 15 is 0 Å². The topological polar surface area (TPSA) is 83.0 Å². The molecule has 1 amide bonds. The van der Waals surface area contributed by atoms with Crippen molar-refractivity contribution in [1.82, 2.24) is 14.2 Å². The van der Waals surface area contributed by atoms with Gasteiger partial charge in [0, 0.05) is 32.7 Å². The van der Waals surface area contributed by atoms with Crippen molar-refractivity contribution in [2.24, 2.45) is 0 Å². The van der Waals surface area contributed by atoms with Crippen LogP contribution in [0.5, 0.6) is 0 Å². The highest BCUT2D eigenvalue weighted by atomic mass is 32.2. The van der Waals surface area contributed by atoms with Crippen LogP contribution in [0.1, 0.15) is 30.4 Å². The lowest BCUT2D eigenvalue weighted by atomic mass is 10.1. The Morgan fingerprint density at radius 1 is 1.22 bits per heavy atom. The molecule has 36 heavy (non-hydrogen) atoms. The van der Waals surface area contributed by atoms with Crippen LogP contribution in [-0.2, 0) is 19.6 Å². The number of ether oxygens (including phenoxy) is 1. The first-order chi connectivity index (χ1) is 17.3. The van der Waals surface area contributed by atoms with Crippen LogP contribution in [0.3, 0.4) is 0 Å². The van der Waals surface area contributed by atoms with Gasteiger partial charge in [-0.15, -0.1) is 11.3 Å². The van der Waals surface area contributed by atoms with E-state index in [0.29, 0.717) is 31.1 Å². The summed E-state index contributed by atoms with van der Waals surface area (Å²) in [7, 11) is -3.71. The van der Waals surface area contributed by atoms with Crippen molar-refractivity contribution < 1.29 is 17.9 Å². The molecule has 5 rings (SSSR count). The normalized spacial score (nSPS) is 19.8. The minimum atomic E-state index is -3.71. The molecule has 1 atom stereocenters. The second kappa shape index (κ2) is 10.8. The molecular formula is C25H32N4O4S3. The Hall–Kier alpha value is -1.89. The number of aryl methyl sites for hydroxylation is 2. The van der Waals surface area contributed by atoms with E-state index in [9.17, 15) is 13.2 Å². The molecule has 0 radical (unpaired) electrons. The molecule has 0 bridgehead atoms. The molecule has 194 valence electrons. The lowest BCUT2D eigenvalue weighted by molar-refractivity contribution is -0.121. The Labute approximate surface area is 220 Å². The average Bonchev–Trinajstić information content (AvgIpc) is 3.63. The Kier molecular flexibility index (Phi) is 7.75. The zero-order valence-electron chi connectivity index (χ0n) is 20.7. The maximum Gasteiger partial charge on any atom is 0.253 e. The van der Waals surface area contributed by atoms with E-state index < -0.39 is 16.1 Å². The van der Waals surface area contributed by atoms with Gasteiger partial charge in [0.25, 0.3) is 10.0 Å². The SMILES string of the molecule is Cc1cc(C)c2sc(N(CCCN3CCOCC3)C(=O)C3CCCN3S(=O)(=O)c3cccs3)nc2c1. The van der Waals surface area contributed by atoms with Crippen LogP contribution < -0.4 is 4.90 Å². The van der Waals surface area contributed by atoms with Gasteiger partial charge in [0.15, 0.2) is 5.13 Å². The van der Waals surface area contributed by atoms with Gasteiger partial charge in [-0.1, -0.05) is 23.5 Å². The molecule has 2 saturated heterocycles. The van der Waals surface area contributed by atoms with E-state index in [0.717, 1.165) is 60.6 Å². The van der Waals surface area contributed by atoms with Crippen molar-refractivity contribution in [2.75, 3.05) is 50.8 Å². The Balaban J connectivity index is 1.43. The van der Waals surface area contributed by atoms with E-state index in [1.807, 2.05) is 13.0 Å². The molecule has 0 N–H and O–H groups in total. The molecule has 0 spiro atoms. The van der Waals surface area contributed by atoms with Gasteiger partial charge in [-0.25, -0.2) is 13.4 Å². The van der Waals surface area contributed by atoms with Crippen LogP contribution >= 0.6 is 22.7 Å². The zero-order valence-corrected chi connectivity index (χ0v) is 23.1. The van der Waals surface area contributed by atoms with Crippen LogP contribution in [0.25, 0.3) is 10.2 Å². The van der Waals surface area contributed by atoms with Gasteiger partial charge < -0.3 is 4.74 Å². The number of hydrogen-bond acceptors (Lipinski definition) is 8. The molecule has 11 heteroatoms. The van der Waals surface area contributed by atoms with Gasteiger partial charge in [0.1, 0.15) is 10.3 Å². The van der Waals surface area contributed by atoms with Crippen molar-refractivity contribution in [3.05, 3.63) is 40.8 Å². The predicted octanol–water partition coefficient (Wildman–Crippen LogP) is 3.88. The molecule has 2 aliphatic heterocycles. The molecular weight excluding hydrogens is 517 g/mol. The number of benzene rings is 1. The largest absolute Gasteiger partial charge is 0.379 e. The van der Waals surface area contributed by atoms with Crippen molar-refractivity contribution in [3.8, 4) is 0 Å². The Morgan fingerprint density at radius 2 is 2.03 bits per heavy atom. The van der Waals surface area contributed by atoms with Gasteiger partial charge in [-0.05, 0) is 61.7 Å². The fourth-order valence-electron chi connectivity index (χ4n) is 5.04. The van der Waals surface area contributed by atoms with E-state index in [2.05, 4.69) is 17.9 Å². The monoisotopic (exact) mass is 548 g/mol. The van der Waals surface area contributed by atoms with Gasteiger partial charge >= 0.3 is 0 Å². The number of hydrogen-bond donors (Lipinski definition) is 0. The minimum absolute atomic E-state index is 0.178. The van der Waals surface area contributed by atoms with Gasteiger partial charge in [0.05, 0.1) is 23.4 Å². The van der Waals surface area contributed by atoms with E-state index in [1.165, 1.54) is 27.0 Å². The van der Waals surface area contributed by atoms with Crippen molar-refractivity contribution in [1.29, 1.82) is 0 Å². The van der Waals surface area contributed by atoms with Crippen LogP contribution in [-0.4, -0.2) is 80.5 Å². The third-order valence-electron chi connectivity index (χ3n) is 6.81. The number of carbonyl (C=O) groups is 1. The summed E-state index contributed by atoms with van der Waals surface area (Å²) in [6.45, 7) is 9.07. The fourth-order valence-corrected chi connectivity index (χ4v) is 8.86. The number of amides is 1. The van der Waals surface area contributed by atoms with E-state index in [-0.39, 0.29) is 10.1 Å². The number of nitrogens with zero attached hydrogens (tertiary/aromatic N) is 4. The summed E-state index contributed by atoms with van der Waals surface area (Å²) >= 11 is 2.71. The number of sulfonamides is 1. The van der Waals surface area contributed by atoms with Crippen molar-refractivity contribution >= 4 is 54.0 Å². The van der Waals surface area contributed by atoms with Crippen LogP contribution in [0, 0.1) is 13.8 Å². The highest BCUT2D eigenvalue weighted by Crippen LogP contribution is 2.35. The molecule has 0 aliphatic carbocycles. The number of aromatic nitrogens is 1. The zero-order chi connectivity index (χ0) is 25.3. The number of thiazole rings is 1. The first-order valence-corrected chi connectivity index (χ1v) is 15.5. The summed E-state index contributed by atoms with van der Waals surface area (Å²) in [5, 5.41) is 2.40. The summed E-state index contributed by atoms with van der Waals surface area (Å²) in [5.74, 6) is -0.178. The van der Waals surface area contributed by atoms with Crippen LogP contribution in [0.15, 0.2) is 33.9 Å². The number of rotatable bonds is 8. The third-order valence-corrected chi connectivity index (χ3v) is 11.3. The van der Waals surface area contributed by atoms with Gasteiger partial charge in [-0.3, -0.25) is 14.6 Å². The third kappa shape index (κ3) is 5.23. The number of carbonyl (C=O) groups excluding carboxylic acids is 1. The minimum Gasteiger partial charge on any atom is -0.379 e. The molecule has 1 unspecified atom stereocenters. The molecule has 1 aromatic carbocycles. The molecule has 2 fully saturated rings. The Morgan fingerprint density at radius 3 is 2.78 bits per heavy atom. The second-order valence-corrected chi connectivity index (χ2v) is 13.5. The summed E-state index contributed by atoms with van der Waals surface area (Å²) in [4.78, 5) is 23.0. The fraction of sp³-hybridized carbons (Fsp3) is 0.520. The molecule has 8 nitrogen and oxygen atoms in total. The molecule has 3 aromatic rings. The number of thiophene rings is 1. The van der Waals surface area contributed by atoms with Crippen LogP contribution in [0.2, 0.25) is 0 Å². The molecule has 0 saturated carbocycles. The van der Waals surface area contributed by atoms with Gasteiger partial charge in [-0.2, -0.15) is 4.31 Å². The summed E-state index contributed by atoms with van der Waals surface area (Å²) in [5.41, 5.74) is 3.15. The predicted molar refractivity (Wildman–Crippen MR) is 145 cm³/mol. The smallest absolute Gasteiger partial charge is 0.253 e. The average molecular weight is 549 g/mol. The first-order valence-electron chi connectivity index (χ1n) is 12.4. The quantitative estimate of drug-likeness (QED) is 0.425. The maximum absolute atomic E-state index is 14.0. The van der Waals surface area contributed by atoms with E-state index in [1.54, 1.807) is 22.4 Å². The number of fused-ring (bicyclic) bond motifs is 1. The van der Waals surface area contributed by atoms with Crippen molar-refractivity contribution in [2.45, 2.75) is 43.4 Å². The van der Waals surface area contributed by atoms with Gasteiger partial charge in [0.2, 0.25) is 5.91 Å². The number of morpholine rings is 1. The van der Waals surface area contributed by atoms with E-state index in [4.69, 9.17) is 9.72 Å². The maximum atomic E-state index is 14.0. The molecule has 4 heterocycles. The highest BCUT2D eigenvalue weighted by molar-refractivity contribution is 7.91. The Bertz CT molecular complexity index is 1320. The lowest BCUT2D eigenvalue weighted by Crippen LogP contribution is -2.48. The number of anilines is 1. The standard InChI is InChI=1S/C25H32N4O4S3/c1-18-16-19(2)23-20(17-18)26-25(35-23)28(9-5-8-27-11-13-33-14-12-27)24(30)21-6-3-10-29(21)36(31,32)22-7-4-15-34-22/h4,7,15-17,21H,3,5-6,8-14H2,1-2H3. The summed E-state index contributed by atoms with van der Waals surface area (Å²) in [6.07, 6.45) is 1.97. The highest BCUT2D eigenvalue weighted by Gasteiger charge is 2.42. The first kappa shape index (κ1) is 25.7. The lowest BCUT2D eigenvalue weighted by Gasteiger charge is -2.30. The summed E-state index contributed by atoms with van der Waals surface area (Å²) < 4.78 is 34.9. The van der Waals surface area contributed by atoms with Crippen LogP contribution in [0.4, 0.5) is 5.13 Å².